The van der Waals surface area contributed by atoms with Gasteiger partial charge in [0.15, 0.2) is 0 Å². The smallest absolute Gasteiger partial charge is 0.324 e. The highest BCUT2D eigenvalue weighted by atomic mass is 31.2. The molecule has 0 bridgehead atoms. The van der Waals surface area contributed by atoms with E-state index in [2.05, 4.69) is 6.07 Å². The molecule has 0 radical (unpaired) electrons. The van der Waals surface area contributed by atoms with E-state index in [9.17, 15) is 14.4 Å². The quantitative estimate of drug-likeness (QED) is 0.512. The van der Waals surface area contributed by atoms with E-state index in [1.54, 1.807) is 0 Å². The van der Waals surface area contributed by atoms with Crippen LogP contribution in [-0.2, 0) is 9.72 Å². The molecule has 23 heavy (non-hydrogen) atoms. The summed E-state index contributed by atoms with van der Waals surface area (Å²) in [5.41, 5.74) is 0.755. The molecule has 0 spiro atoms. The summed E-state index contributed by atoms with van der Waals surface area (Å²) in [6.07, 6.45) is 0.798. The van der Waals surface area contributed by atoms with Crippen molar-refractivity contribution in [2.75, 3.05) is 0 Å². The van der Waals surface area contributed by atoms with Crippen molar-refractivity contribution in [1.29, 1.82) is 0 Å². The van der Waals surface area contributed by atoms with E-state index in [1.165, 1.54) is 0 Å². The van der Waals surface area contributed by atoms with Crippen LogP contribution < -0.4 is 0 Å². The van der Waals surface area contributed by atoms with Gasteiger partial charge in [-0.3, -0.25) is 4.57 Å². The van der Waals surface area contributed by atoms with Gasteiger partial charge in [-0.2, -0.15) is 0 Å². The topological polar surface area (TPSA) is 57.5 Å². The van der Waals surface area contributed by atoms with Gasteiger partial charge < -0.3 is 9.79 Å². The molecule has 0 fully saturated rings. The third-order valence-electron chi connectivity index (χ3n) is 5.00. The maximum Gasteiger partial charge on any atom is 0.335 e. The predicted molar refractivity (Wildman–Crippen MR) is 95.8 cm³/mol. The molecule has 0 aliphatic heterocycles. The highest BCUT2D eigenvalue weighted by Gasteiger charge is 2.46. The van der Waals surface area contributed by atoms with Crippen LogP contribution in [-0.4, -0.2) is 9.79 Å². The molecule has 0 saturated heterocycles. The van der Waals surface area contributed by atoms with Crippen molar-refractivity contribution in [1.82, 2.24) is 0 Å². The Kier molecular flexibility index (Phi) is 4.05. The van der Waals surface area contributed by atoms with Crippen molar-refractivity contribution in [2.45, 2.75) is 31.8 Å². The fourth-order valence-corrected chi connectivity index (χ4v) is 4.96. The van der Waals surface area contributed by atoms with Crippen LogP contribution in [0.25, 0.3) is 21.5 Å². The zero-order valence-electron chi connectivity index (χ0n) is 13.4. The Bertz CT molecular complexity index is 907. The van der Waals surface area contributed by atoms with E-state index >= 15 is 0 Å². The van der Waals surface area contributed by atoms with Crippen molar-refractivity contribution in [3.63, 3.8) is 0 Å². The Morgan fingerprint density at radius 2 is 1.39 bits per heavy atom. The molecule has 0 aliphatic rings. The third-order valence-corrected chi connectivity index (χ3v) is 6.99. The van der Waals surface area contributed by atoms with Gasteiger partial charge in [0.1, 0.15) is 0 Å². The zero-order valence-corrected chi connectivity index (χ0v) is 14.3. The van der Waals surface area contributed by atoms with Crippen molar-refractivity contribution < 1.29 is 14.4 Å². The van der Waals surface area contributed by atoms with Crippen LogP contribution in [0.4, 0.5) is 0 Å². The van der Waals surface area contributed by atoms with E-state index in [0.29, 0.717) is 12.8 Å². The van der Waals surface area contributed by atoms with Crippen LogP contribution in [0.3, 0.4) is 0 Å². The molecular formula is C19H21O3P. The average Bonchev–Trinajstić information content (AvgIpc) is 2.55. The second-order valence-electron chi connectivity index (χ2n) is 5.97. The van der Waals surface area contributed by atoms with Gasteiger partial charge in [0.25, 0.3) is 0 Å². The molecule has 0 heterocycles. The molecule has 0 atom stereocenters. The molecule has 0 aromatic heterocycles. The SMILES string of the molecule is CCC(CC)(c1cc2ccccc2c2ccccc12)P(=O)(O)O. The van der Waals surface area contributed by atoms with Gasteiger partial charge in [0.2, 0.25) is 0 Å². The highest BCUT2D eigenvalue weighted by molar-refractivity contribution is 7.53. The summed E-state index contributed by atoms with van der Waals surface area (Å²) in [4.78, 5) is 20.2. The summed E-state index contributed by atoms with van der Waals surface area (Å²) >= 11 is 0. The van der Waals surface area contributed by atoms with Gasteiger partial charge in [-0.05, 0) is 46.0 Å². The van der Waals surface area contributed by atoms with Crippen molar-refractivity contribution in [3.05, 3.63) is 60.2 Å². The van der Waals surface area contributed by atoms with Gasteiger partial charge in [0, 0.05) is 0 Å². The molecule has 0 saturated carbocycles. The largest absolute Gasteiger partial charge is 0.335 e. The van der Waals surface area contributed by atoms with Gasteiger partial charge in [-0.25, -0.2) is 0 Å². The Labute approximate surface area is 136 Å². The van der Waals surface area contributed by atoms with Crippen molar-refractivity contribution in [3.8, 4) is 0 Å². The standard InChI is InChI=1S/C19H21O3P/c1-3-19(4-2,23(20,21)22)18-13-14-9-5-6-10-15(14)16-11-7-8-12-17(16)18/h5-13H,3-4H2,1-2H3,(H2,20,21,22). The van der Waals surface area contributed by atoms with Crippen LogP contribution in [0.1, 0.15) is 32.3 Å². The van der Waals surface area contributed by atoms with E-state index in [0.717, 1.165) is 27.1 Å². The molecular weight excluding hydrogens is 307 g/mol. The molecule has 4 heteroatoms. The first kappa shape index (κ1) is 16.2. The summed E-state index contributed by atoms with van der Waals surface area (Å²) in [6.45, 7) is 3.71. The first-order valence-electron chi connectivity index (χ1n) is 7.91. The Hall–Kier alpha value is -1.67. The minimum absolute atomic E-state index is 0.399. The normalized spacial score (nSPS) is 12.9. The molecule has 120 valence electrons. The Balaban J connectivity index is 2.51. The lowest BCUT2D eigenvalue weighted by molar-refractivity contribution is 0.316. The van der Waals surface area contributed by atoms with Crippen molar-refractivity contribution >= 4 is 29.1 Å². The Morgan fingerprint density at radius 3 is 1.96 bits per heavy atom. The number of hydrogen-bond donors (Lipinski definition) is 2. The molecule has 3 rings (SSSR count). The van der Waals surface area contributed by atoms with Gasteiger partial charge in [-0.1, -0.05) is 62.4 Å². The lowest BCUT2D eigenvalue weighted by atomic mass is 9.86. The predicted octanol–water partition coefficient (Wildman–Crippen LogP) is 5.19. The Morgan fingerprint density at radius 1 is 0.870 bits per heavy atom. The number of rotatable bonds is 4. The number of hydrogen-bond acceptors (Lipinski definition) is 1. The van der Waals surface area contributed by atoms with Crippen molar-refractivity contribution in [2.24, 2.45) is 0 Å². The first-order chi connectivity index (χ1) is 10.9. The summed E-state index contributed by atoms with van der Waals surface area (Å²) in [5, 5.41) is 2.95. The zero-order chi connectivity index (χ0) is 16.7. The van der Waals surface area contributed by atoms with Crippen LogP contribution in [0, 0.1) is 0 Å². The van der Waals surface area contributed by atoms with Crippen LogP contribution in [0.15, 0.2) is 54.6 Å². The first-order valence-corrected chi connectivity index (χ1v) is 9.52. The number of benzene rings is 3. The maximum absolute atomic E-state index is 12.4. The highest BCUT2D eigenvalue weighted by Crippen LogP contribution is 2.62. The minimum Gasteiger partial charge on any atom is -0.324 e. The number of fused-ring (bicyclic) bond motifs is 3. The molecule has 0 unspecified atom stereocenters. The van der Waals surface area contributed by atoms with Gasteiger partial charge in [-0.15, -0.1) is 0 Å². The lowest BCUT2D eigenvalue weighted by Gasteiger charge is -2.34. The second kappa shape index (κ2) is 5.76. The molecule has 3 aromatic rings. The fourth-order valence-electron chi connectivity index (χ4n) is 3.64. The molecule has 2 N–H and O–H groups in total. The molecule has 3 aromatic carbocycles. The fraction of sp³-hybridized carbons (Fsp3) is 0.263. The van der Waals surface area contributed by atoms with E-state index in [-0.39, 0.29) is 0 Å². The average molecular weight is 328 g/mol. The van der Waals surface area contributed by atoms with E-state index in [4.69, 9.17) is 0 Å². The summed E-state index contributed by atoms with van der Waals surface area (Å²) < 4.78 is 12.4. The monoisotopic (exact) mass is 328 g/mol. The van der Waals surface area contributed by atoms with Gasteiger partial charge in [0.05, 0.1) is 5.16 Å². The summed E-state index contributed by atoms with van der Waals surface area (Å²) in [5.74, 6) is 0. The molecule has 3 nitrogen and oxygen atoms in total. The minimum atomic E-state index is -4.31. The van der Waals surface area contributed by atoms with E-state index < -0.39 is 12.8 Å². The van der Waals surface area contributed by atoms with Gasteiger partial charge >= 0.3 is 7.60 Å². The summed E-state index contributed by atoms with van der Waals surface area (Å²) in [7, 11) is -4.31. The lowest BCUT2D eigenvalue weighted by Crippen LogP contribution is -2.25. The van der Waals surface area contributed by atoms with E-state index in [1.807, 2.05) is 62.4 Å². The maximum atomic E-state index is 12.4. The molecule has 0 amide bonds. The van der Waals surface area contributed by atoms with Crippen LogP contribution in [0.5, 0.6) is 0 Å². The summed E-state index contributed by atoms with van der Waals surface area (Å²) in [6, 6.07) is 17.8. The van der Waals surface area contributed by atoms with Crippen LogP contribution >= 0.6 is 7.60 Å². The second-order valence-corrected chi connectivity index (χ2v) is 7.92. The van der Waals surface area contributed by atoms with Crippen LogP contribution in [0.2, 0.25) is 0 Å². The third kappa shape index (κ3) is 2.40. The molecule has 0 aliphatic carbocycles.